The van der Waals surface area contributed by atoms with Crippen molar-refractivity contribution in [3.8, 4) is 0 Å². The lowest BCUT2D eigenvalue weighted by Crippen LogP contribution is -2.07. The molecular weight excluding hydrogens is 265 g/mol. The van der Waals surface area contributed by atoms with Crippen LogP contribution in [0.25, 0.3) is 0 Å². The Kier molecular flexibility index (Phi) is 3.52. The summed E-state index contributed by atoms with van der Waals surface area (Å²) < 4.78 is 37.7. The molecule has 2 N–H and O–H groups in total. The Morgan fingerprint density at radius 3 is 2.61 bits per heavy atom. The highest BCUT2D eigenvalue weighted by molar-refractivity contribution is 6.30. The van der Waals surface area contributed by atoms with Crippen molar-refractivity contribution in [3.05, 3.63) is 52.8 Å². The minimum atomic E-state index is -4.40. The Balaban J connectivity index is 2.15. The number of hydrogen-bond donors (Lipinski definition) is 2. The third-order valence-electron chi connectivity index (χ3n) is 2.37. The number of rotatable bonds is 3. The Morgan fingerprint density at radius 2 is 2.00 bits per heavy atom. The summed E-state index contributed by atoms with van der Waals surface area (Å²) in [5, 5.41) is 2.94. The molecule has 0 saturated heterocycles. The molecule has 0 bridgehead atoms. The highest BCUT2D eigenvalue weighted by Gasteiger charge is 2.31. The Labute approximate surface area is 107 Å². The smallest absolute Gasteiger partial charge is 0.379 e. The zero-order chi connectivity index (χ0) is 13.2. The SMILES string of the molecule is FC(F)(F)c1cc(Cl)cc(NCc2ccc[nH]2)c1. The largest absolute Gasteiger partial charge is 0.416 e. The summed E-state index contributed by atoms with van der Waals surface area (Å²) in [6, 6.07) is 7.05. The average molecular weight is 275 g/mol. The van der Waals surface area contributed by atoms with Gasteiger partial charge in [-0.15, -0.1) is 0 Å². The van der Waals surface area contributed by atoms with Gasteiger partial charge in [0.25, 0.3) is 0 Å². The second-order valence-corrected chi connectivity index (χ2v) is 4.21. The maximum atomic E-state index is 12.6. The molecule has 1 aromatic heterocycles. The van der Waals surface area contributed by atoms with E-state index >= 15 is 0 Å². The zero-order valence-electron chi connectivity index (χ0n) is 9.18. The van der Waals surface area contributed by atoms with Gasteiger partial charge in [-0.1, -0.05) is 11.6 Å². The summed E-state index contributed by atoms with van der Waals surface area (Å²) in [7, 11) is 0. The molecule has 0 aliphatic heterocycles. The summed E-state index contributed by atoms with van der Waals surface area (Å²) in [6.07, 6.45) is -2.65. The van der Waals surface area contributed by atoms with Gasteiger partial charge in [0.15, 0.2) is 0 Å². The van der Waals surface area contributed by atoms with Gasteiger partial charge in [0.1, 0.15) is 0 Å². The van der Waals surface area contributed by atoms with Crippen molar-refractivity contribution >= 4 is 17.3 Å². The van der Waals surface area contributed by atoms with Gasteiger partial charge in [-0.2, -0.15) is 13.2 Å². The topological polar surface area (TPSA) is 27.8 Å². The van der Waals surface area contributed by atoms with Crippen LogP contribution in [0.15, 0.2) is 36.5 Å². The number of alkyl halides is 3. The second kappa shape index (κ2) is 4.94. The monoisotopic (exact) mass is 274 g/mol. The quantitative estimate of drug-likeness (QED) is 0.858. The van der Waals surface area contributed by atoms with Crippen LogP contribution >= 0.6 is 11.6 Å². The molecule has 0 fully saturated rings. The molecule has 6 heteroatoms. The number of halogens is 4. The Bertz CT molecular complexity index is 521. The summed E-state index contributed by atoms with van der Waals surface area (Å²) in [5.41, 5.74) is 0.456. The molecule has 0 radical (unpaired) electrons. The van der Waals surface area contributed by atoms with E-state index in [9.17, 15) is 13.2 Å². The van der Waals surface area contributed by atoms with Crippen molar-refractivity contribution in [2.24, 2.45) is 0 Å². The number of nitrogens with one attached hydrogen (secondary N) is 2. The van der Waals surface area contributed by atoms with Crippen molar-refractivity contribution in [3.63, 3.8) is 0 Å². The van der Waals surface area contributed by atoms with Gasteiger partial charge < -0.3 is 10.3 Å². The van der Waals surface area contributed by atoms with Gasteiger partial charge in [-0.25, -0.2) is 0 Å². The van der Waals surface area contributed by atoms with E-state index < -0.39 is 11.7 Å². The van der Waals surface area contributed by atoms with Crippen LogP contribution in [-0.4, -0.2) is 4.98 Å². The van der Waals surface area contributed by atoms with E-state index in [0.29, 0.717) is 12.2 Å². The molecule has 1 aromatic carbocycles. The fraction of sp³-hybridized carbons (Fsp3) is 0.167. The molecule has 0 unspecified atom stereocenters. The van der Waals surface area contributed by atoms with Crippen LogP contribution in [-0.2, 0) is 12.7 Å². The van der Waals surface area contributed by atoms with Gasteiger partial charge in [-0.3, -0.25) is 0 Å². The predicted octanol–water partition coefficient (Wildman–Crippen LogP) is 4.30. The van der Waals surface area contributed by atoms with Gasteiger partial charge in [-0.05, 0) is 30.3 Å². The number of benzene rings is 1. The summed E-state index contributed by atoms with van der Waals surface area (Å²) in [4.78, 5) is 2.95. The van der Waals surface area contributed by atoms with Crippen molar-refractivity contribution in [1.29, 1.82) is 0 Å². The Morgan fingerprint density at radius 1 is 1.22 bits per heavy atom. The van der Waals surface area contributed by atoms with Crippen molar-refractivity contribution in [2.75, 3.05) is 5.32 Å². The van der Waals surface area contributed by atoms with Crippen LogP contribution < -0.4 is 5.32 Å². The van der Waals surface area contributed by atoms with E-state index in [0.717, 1.165) is 17.8 Å². The lowest BCUT2D eigenvalue weighted by Gasteiger charge is -2.11. The third-order valence-corrected chi connectivity index (χ3v) is 2.59. The predicted molar refractivity (Wildman–Crippen MR) is 64.6 cm³/mol. The molecule has 0 amide bonds. The summed E-state index contributed by atoms with van der Waals surface area (Å²) in [6.45, 7) is 0.407. The molecule has 2 rings (SSSR count). The maximum Gasteiger partial charge on any atom is 0.416 e. The van der Waals surface area contributed by atoms with E-state index in [1.807, 2.05) is 12.1 Å². The standard InChI is InChI=1S/C12H10ClF3N2/c13-9-4-8(12(14,15)16)5-11(6-9)18-7-10-2-1-3-17-10/h1-6,17-18H,7H2. The van der Waals surface area contributed by atoms with E-state index in [1.54, 1.807) is 6.20 Å². The molecule has 1 heterocycles. The summed E-state index contributed by atoms with van der Waals surface area (Å²) in [5.74, 6) is 0. The van der Waals surface area contributed by atoms with E-state index in [-0.39, 0.29) is 5.02 Å². The molecular formula is C12H10ClF3N2. The van der Waals surface area contributed by atoms with Gasteiger partial charge in [0.05, 0.1) is 12.1 Å². The molecule has 2 aromatic rings. The molecule has 18 heavy (non-hydrogen) atoms. The highest BCUT2D eigenvalue weighted by atomic mass is 35.5. The van der Waals surface area contributed by atoms with E-state index in [1.165, 1.54) is 6.07 Å². The van der Waals surface area contributed by atoms with Crippen molar-refractivity contribution in [1.82, 2.24) is 4.98 Å². The first-order chi connectivity index (χ1) is 8.45. The first-order valence-corrected chi connectivity index (χ1v) is 5.57. The second-order valence-electron chi connectivity index (χ2n) is 3.78. The third kappa shape index (κ3) is 3.20. The van der Waals surface area contributed by atoms with E-state index in [4.69, 9.17) is 11.6 Å². The average Bonchev–Trinajstić information content (AvgIpc) is 2.77. The fourth-order valence-electron chi connectivity index (χ4n) is 1.53. The van der Waals surface area contributed by atoms with Crippen LogP contribution in [0.4, 0.5) is 18.9 Å². The van der Waals surface area contributed by atoms with Gasteiger partial charge in [0.2, 0.25) is 0 Å². The number of anilines is 1. The first kappa shape index (κ1) is 12.8. The normalized spacial score (nSPS) is 11.6. The number of H-pyrrole nitrogens is 1. The minimum absolute atomic E-state index is 0.0545. The number of hydrogen-bond acceptors (Lipinski definition) is 1. The lowest BCUT2D eigenvalue weighted by molar-refractivity contribution is -0.137. The van der Waals surface area contributed by atoms with Crippen LogP contribution in [0, 0.1) is 0 Å². The zero-order valence-corrected chi connectivity index (χ0v) is 9.94. The molecule has 0 aliphatic rings. The van der Waals surface area contributed by atoms with Crippen LogP contribution in [0.3, 0.4) is 0 Å². The summed E-state index contributed by atoms with van der Waals surface area (Å²) >= 11 is 5.67. The molecule has 0 atom stereocenters. The minimum Gasteiger partial charge on any atom is -0.379 e. The fourth-order valence-corrected chi connectivity index (χ4v) is 1.77. The first-order valence-electron chi connectivity index (χ1n) is 5.19. The maximum absolute atomic E-state index is 12.6. The Hall–Kier alpha value is -1.62. The lowest BCUT2D eigenvalue weighted by atomic mass is 10.2. The van der Waals surface area contributed by atoms with E-state index in [2.05, 4.69) is 10.3 Å². The van der Waals surface area contributed by atoms with Crippen LogP contribution in [0.1, 0.15) is 11.3 Å². The molecule has 0 aliphatic carbocycles. The molecule has 0 spiro atoms. The van der Waals surface area contributed by atoms with Crippen LogP contribution in [0.2, 0.25) is 5.02 Å². The highest BCUT2D eigenvalue weighted by Crippen LogP contribution is 2.33. The number of aromatic amines is 1. The molecule has 96 valence electrons. The van der Waals surface area contributed by atoms with Gasteiger partial charge in [0, 0.05) is 22.6 Å². The van der Waals surface area contributed by atoms with Crippen LogP contribution in [0.5, 0.6) is 0 Å². The number of aromatic nitrogens is 1. The molecule has 2 nitrogen and oxygen atoms in total. The van der Waals surface area contributed by atoms with Crippen molar-refractivity contribution < 1.29 is 13.2 Å². The molecule has 0 saturated carbocycles. The van der Waals surface area contributed by atoms with Gasteiger partial charge >= 0.3 is 6.18 Å². The van der Waals surface area contributed by atoms with Crippen molar-refractivity contribution in [2.45, 2.75) is 12.7 Å².